The van der Waals surface area contributed by atoms with Crippen LogP contribution in [0.15, 0.2) is 24.3 Å². The molecule has 0 radical (unpaired) electrons. The molecule has 24 heavy (non-hydrogen) atoms. The predicted molar refractivity (Wildman–Crippen MR) is 97.0 cm³/mol. The summed E-state index contributed by atoms with van der Waals surface area (Å²) < 4.78 is 0. The summed E-state index contributed by atoms with van der Waals surface area (Å²) in [5.41, 5.74) is 6.22. The number of benzene rings is 1. The predicted octanol–water partition coefficient (Wildman–Crippen LogP) is 4.02. The first-order chi connectivity index (χ1) is 11.6. The Morgan fingerprint density at radius 3 is 2.67 bits per heavy atom. The Morgan fingerprint density at radius 2 is 2.00 bits per heavy atom. The molecular formula is C18H26ClN3O2. The minimum atomic E-state index is -0.684. The standard InChI is InChI=1S/C18H26ClN3O2/c19-15-7-4-8-16(13-15)21-11-12-22(18(20)24)17(23)10-9-14-5-2-1-3-6-14/h4,7-8,13-14,21H,1-3,5-6,9-12H2,(H2,20,24). The molecule has 3 amide bonds. The zero-order valence-electron chi connectivity index (χ0n) is 14.0. The number of carbonyl (C=O) groups is 2. The van der Waals surface area contributed by atoms with Gasteiger partial charge in [-0.1, -0.05) is 49.8 Å². The number of hydrogen-bond donors (Lipinski definition) is 2. The Kier molecular flexibility index (Phi) is 7.37. The van der Waals surface area contributed by atoms with Crippen LogP contribution in [-0.4, -0.2) is 29.9 Å². The highest BCUT2D eigenvalue weighted by molar-refractivity contribution is 6.30. The number of halogens is 1. The molecule has 1 saturated carbocycles. The van der Waals surface area contributed by atoms with Gasteiger partial charge in [0.25, 0.3) is 0 Å². The summed E-state index contributed by atoms with van der Waals surface area (Å²) in [7, 11) is 0. The van der Waals surface area contributed by atoms with Gasteiger partial charge in [-0.05, 0) is 30.5 Å². The lowest BCUT2D eigenvalue weighted by molar-refractivity contribution is -0.128. The third-order valence-electron chi connectivity index (χ3n) is 4.55. The Labute approximate surface area is 148 Å². The molecule has 0 unspecified atom stereocenters. The molecule has 1 aromatic carbocycles. The van der Waals surface area contributed by atoms with Crippen LogP contribution in [0.4, 0.5) is 10.5 Å². The van der Waals surface area contributed by atoms with Crippen molar-refractivity contribution in [3.8, 4) is 0 Å². The molecule has 0 aliphatic heterocycles. The minimum absolute atomic E-state index is 0.180. The second kappa shape index (κ2) is 9.52. The maximum atomic E-state index is 12.3. The molecule has 1 aliphatic rings. The number of hydrogen-bond acceptors (Lipinski definition) is 3. The number of nitrogens with zero attached hydrogens (tertiary/aromatic N) is 1. The van der Waals surface area contributed by atoms with Gasteiger partial charge >= 0.3 is 6.03 Å². The fourth-order valence-electron chi connectivity index (χ4n) is 3.21. The zero-order valence-corrected chi connectivity index (χ0v) is 14.7. The Balaban J connectivity index is 1.77. The second-order valence-electron chi connectivity index (χ2n) is 6.36. The third-order valence-corrected chi connectivity index (χ3v) is 4.78. The van der Waals surface area contributed by atoms with Gasteiger partial charge in [-0.2, -0.15) is 0 Å². The van der Waals surface area contributed by atoms with E-state index in [4.69, 9.17) is 17.3 Å². The van der Waals surface area contributed by atoms with Crippen molar-refractivity contribution in [2.24, 2.45) is 11.7 Å². The van der Waals surface area contributed by atoms with E-state index in [0.29, 0.717) is 23.9 Å². The lowest BCUT2D eigenvalue weighted by Gasteiger charge is -2.23. The van der Waals surface area contributed by atoms with Crippen LogP contribution < -0.4 is 11.1 Å². The molecular weight excluding hydrogens is 326 g/mol. The molecule has 0 saturated heterocycles. The van der Waals surface area contributed by atoms with Crippen LogP contribution in [0.2, 0.25) is 5.02 Å². The highest BCUT2D eigenvalue weighted by atomic mass is 35.5. The summed E-state index contributed by atoms with van der Waals surface area (Å²) >= 11 is 5.92. The molecule has 2 rings (SSSR count). The minimum Gasteiger partial charge on any atom is -0.383 e. The number of rotatable bonds is 7. The maximum absolute atomic E-state index is 12.3. The number of carbonyl (C=O) groups excluding carboxylic acids is 2. The van der Waals surface area contributed by atoms with E-state index in [1.807, 2.05) is 12.1 Å². The first kappa shape index (κ1) is 18.6. The van der Waals surface area contributed by atoms with Gasteiger partial charge in [0.05, 0.1) is 0 Å². The molecule has 3 N–H and O–H groups in total. The quantitative estimate of drug-likeness (QED) is 0.779. The summed E-state index contributed by atoms with van der Waals surface area (Å²) in [5.74, 6) is 0.433. The van der Waals surface area contributed by atoms with E-state index < -0.39 is 6.03 Å². The Morgan fingerprint density at radius 1 is 1.25 bits per heavy atom. The van der Waals surface area contributed by atoms with E-state index in [1.54, 1.807) is 12.1 Å². The van der Waals surface area contributed by atoms with Crippen LogP contribution in [-0.2, 0) is 4.79 Å². The fraction of sp³-hybridized carbons (Fsp3) is 0.556. The van der Waals surface area contributed by atoms with Crippen molar-refractivity contribution in [1.29, 1.82) is 0 Å². The number of primary amides is 1. The third kappa shape index (κ3) is 6.04. The summed E-state index contributed by atoms with van der Waals surface area (Å²) in [4.78, 5) is 25.0. The summed E-state index contributed by atoms with van der Waals surface area (Å²) in [6.45, 7) is 0.698. The molecule has 0 spiro atoms. The van der Waals surface area contributed by atoms with Crippen molar-refractivity contribution < 1.29 is 9.59 Å². The molecule has 6 heteroatoms. The van der Waals surface area contributed by atoms with E-state index in [9.17, 15) is 9.59 Å². The lowest BCUT2D eigenvalue weighted by atomic mass is 9.86. The van der Waals surface area contributed by atoms with Gasteiger partial charge in [-0.3, -0.25) is 9.69 Å². The van der Waals surface area contributed by atoms with Crippen molar-refractivity contribution in [1.82, 2.24) is 4.90 Å². The molecule has 1 fully saturated rings. The van der Waals surface area contributed by atoms with Crippen molar-refractivity contribution in [2.45, 2.75) is 44.9 Å². The van der Waals surface area contributed by atoms with Crippen LogP contribution in [0.5, 0.6) is 0 Å². The number of nitrogens with two attached hydrogens (primary N) is 1. The SMILES string of the molecule is NC(=O)N(CCNc1cccc(Cl)c1)C(=O)CCC1CCCCC1. The van der Waals surface area contributed by atoms with Gasteiger partial charge < -0.3 is 11.1 Å². The van der Waals surface area contributed by atoms with E-state index in [1.165, 1.54) is 32.1 Å². The van der Waals surface area contributed by atoms with Gasteiger partial charge in [-0.25, -0.2) is 4.79 Å². The molecule has 0 bridgehead atoms. The molecule has 0 heterocycles. The number of imide groups is 1. The van der Waals surface area contributed by atoms with E-state index in [2.05, 4.69) is 5.32 Å². The summed E-state index contributed by atoms with van der Waals surface area (Å²) in [5, 5.41) is 3.78. The molecule has 0 atom stereocenters. The molecule has 132 valence electrons. The first-order valence-corrected chi connectivity index (χ1v) is 9.03. The number of urea groups is 1. The first-order valence-electron chi connectivity index (χ1n) is 8.65. The van der Waals surface area contributed by atoms with E-state index in [0.717, 1.165) is 17.0 Å². The highest BCUT2D eigenvalue weighted by Gasteiger charge is 2.21. The van der Waals surface area contributed by atoms with Crippen LogP contribution >= 0.6 is 11.6 Å². The van der Waals surface area contributed by atoms with Gasteiger partial charge in [0.15, 0.2) is 0 Å². The summed E-state index contributed by atoms with van der Waals surface area (Å²) in [6, 6.07) is 6.62. The maximum Gasteiger partial charge on any atom is 0.321 e. The molecule has 0 aromatic heterocycles. The highest BCUT2D eigenvalue weighted by Crippen LogP contribution is 2.27. The van der Waals surface area contributed by atoms with Crippen molar-refractivity contribution in [2.75, 3.05) is 18.4 Å². The average molecular weight is 352 g/mol. The van der Waals surface area contributed by atoms with E-state index in [-0.39, 0.29) is 12.5 Å². The topological polar surface area (TPSA) is 75.4 Å². The smallest absolute Gasteiger partial charge is 0.321 e. The van der Waals surface area contributed by atoms with Gasteiger partial charge in [0, 0.05) is 30.2 Å². The van der Waals surface area contributed by atoms with Gasteiger partial charge in [-0.15, -0.1) is 0 Å². The van der Waals surface area contributed by atoms with Crippen molar-refractivity contribution in [3.63, 3.8) is 0 Å². The molecule has 1 aliphatic carbocycles. The van der Waals surface area contributed by atoms with Gasteiger partial charge in [0.1, 0.15) is 0 Å². The fourth-order valence-corrected chi connectivity index (χ4v) is 3.40. The van der Waals surface area contributed by atoms with Crippen LogP contribution in [0.25, 0.3) is 0 Å². The Hall–Kier alpha value is -1.75. The zero-order chi connectivity index (χ0) is 17.4. The van der Waals surface area contributed by atoms with Crippen molar-refractivity contribution >= 4 is 29.2 Å². The van der Waals surface area contributed by atoms with Crippen LogP contribution in [0.3, 0.4) is 0 Å². The van der Waals surface area contributed by atoms with Crippen LogP contribution in [0, 0.1) is 5.92 Å². The number of amides is 3. The van der Waals surface area contributed by atoms with Gasteiger partial charge in [0.2, 0.25) is 5.91 Å². The average Bonchev–Trinajstić information content (AvgIpc) is 2.57. The molecule has 1 aromatic rings. The number of nitrogens with one attached hydrogen (secondary N) is 1. The summed E-state index contributed by atoms with van der Waals surface area (Å²) in [6.07, 6.45) is 7.44. The van der Waals surface area contributed by atoms with Crippen molar-refractivity contribution in [3.05, 3.63) is 29.3 Å². The number of anilines is 1. The monoisotopic (exact) mass is 351 g/mol. The lowest BCUT2D eigenvalue weighted by Crippen LogP contribution is -2.43. The Bertz CT molecular complexity index is 559. The normalized spacial score (nSPS) is 15.0. The second-order valence-corrected chi connectivity index (χ2v) is 6.80. The van der Waals surface area contributed by atoms with Crippen LogP contribution in [0.1, 0.15) is 44.9 Å². The largest absolute Gasteiger partial charge is 0.383 e. The van der Waals surface area contributed by atoms with E-state index >= 15 is 0 Å². The molecule has 5 nitrogen and oxygen atoms in total.